The van der Waals surface area contributed by atoms with Crippen molar-refractivity contribution in [3.05, 3.63) is 53.1 Å². The summed E-state index contributed by atoms with van der Waals surface area (Å²) in [6, 6.07) is 9.83. The number of carbonyl (C=O) groups is 1. The summed E-state index contributed by atoms with van der Waals surface area (Å²) in [5.41, 5.74) is 2.92. The fourth-order valence-corrected chi connectivity index (χ4v) is 2.90. The predicted molar refractivity (Wildman–Crippen MR) is 87.1 cm³/mol. The molecule has 2 heterocycles. The van der Waals surface area contributed by atoms with E-state index in [4.69, 9.17) is 4.74 Å². The van der Waals surface area contributed by atoms with Crippen LogP contribution < -0.4 is 10.1 Å². The van der Waals surface area contributed by atoms with Gasteiger partial charge in [-0.3, -0.25) is 4.79 Å². The summed E-state index contributed by atoms with van der Waals surface area (Å²) in [6.07, 6.45) is 1.42. The van der Waals surface area contributed by atoms with Crippen molar-refractivity contribution in [2.24, 2.45) is 5.92 Å². The van der Waals surface area contributed by atoms with Crippen molar-refractivity contribution >= 4 is 5.91 Å². The SMILES string of the molecule is Cc1cc(C)nc(CNC(=O)C2CCOc3ccccc3C2)n1. The highest BCUT2D eigenvalue weighted by Crippen LogP contribution is 2.26. The number of amides is 1. The van der Waals surface area contributed by atoms with Gasteiger partial charge in [0.2, 0.25) is 5.91 Å². The second kappa shape index (κ2) is 6.77. The van der Waals surface area contributed by atoms with Gasteiger partial charge in [0.15, 0.2) is 0 Å². The van der Waals surface area contributed by atoms with Crippen LogP contribution in [0.25, 0.3) is 0 Å². The maximum atomic E-state index is 12.5. The highest BCUT2D eigenvalue weighted by Gasteiger charge is 2.23. The molecule has 23 heavy (non-hydrogen) atoms. The zero-order chi connectivity index (χ0) is 16.2. The third kappa shape index (κ3) is 3.86. The minimum absolute atomic E-state index is 0.0352. The lowest BCUT2D eigenvalue weighted by Crippen LogP contribution is -2.32. The number of hydrogen-bond acceptors (Lipinski definition) is 4. The average Bonchev–Trinajstić information content (AvgIpc) is 2.74. The van der Waals surface area contributed by atoms with E-state index in [1.807, 2.05) is 44.2 Å². The zero-order valence-corrected chi connectivity index (χ0v) is 13.5. The summed E-state index contributed by atoms with van der Waals surface area (Å²) in [7, 11) is 0. The number of rotatable bonds is 3. The molecule has 0 bridgehead atoms. The number of para-hydroxylation sites is 1. The van der Waals surface area contributed by atoms with E-state index >= 15 is 0 Å². The molecule has 1 aliphatic heterocycles. The van der Waals surface area contributed by atoms with Crippen LogP contribution in [0.1, 0.15) is 29.2 Å². The molecule has 5 nitrogen and oxygen atoms in total. The van der Waals surface area contributed by atoms with Crippen molar-refractivity contribution in [3.8, 4) is 5.75 Å². The summed E-state index contributed by atoms with van der Waals surface area (Å²) in [6.45, 7) is 4.79. The molecule has 2 aromatic rings. The number of fused-ring (bicyclic) bond motifs is 1. The van der Waals surface area contributed by atoms with Crippen LogP contribution in [-0.4, -0.2) is 22.5 Å². The monoisotopic (exact) mass is 311 g/mol. The summed E-state index contributed by atoms with van der Waals surface area (Å²) in [5, 5.41) is 2.96. The number of nitrogens with zero attached hydrogens (tertiary/aromatic N) is 2. The molecule has 0 aliphatic carbocycles. The van der Waals surface area contributed by atoms with Crippen molar-refractivity contribution < 1.29 is 9.53 Å². The van der Waals surface area contributed by atoms with Crippen LogP contribution in [0, 0.1) is 19.8 Å². The van der Waals surface area contributed by atoms with Crippen LogP contribution in [0.15, 0.2) is 30.3 Å². The van der Waals surface area contributed by atoms with E-state index < -0.39 is 0 Å². The van der Waals surface area contributed by atoms with E-state index in [0.29, 0.717) is 31.8 Å². The maximum Gasteiger partial charge on any atom is 0.223 e. The number of aromatic nitrogens is 2. The van der Waals surface area contributed by atoms with Crippen molar-refractivity contribution in [2.75, 3.05) is 6.61 Å². The lowest BCUT2D eigenvalue weighted by Gasteiger charge is -2.13. The largest absolute Gasteiger partial charge is 0.493 e. The third-order valence-corrected chi connectivity index (χ3v) is 3.98. The van der Waals surface area contributed by atoms with Crippen LogP contribution in [0.2, 0.25) is 0 Å². The molecular formula is C18H21N3O2. The maximum absolute atomic E-state index is 12.5. The second-order valence-corrected chi connectivity index (χ2v) is 5.93. The van der Waals surface area contributed by atoms with Crippen molar-refractivity contribution in [1.82, 2.24) is 15.3 Å². The first-order chi connectivity index (χ1) is 11.1. The number of carbonyl (C=O) groups excluding carboxylic acids is 1. The lowest BCUT2D eigenvalue weighted by molar-refractivity contribution is -0.125. The normalized spacial score (nSPS) is 16.9. The van der Waals surface area contributed by atoms with Crippen LogP contribution in [0.4, 0.5) is 0 Å². The van der Waals surface area contributed by atoms with Crippen LogP contribution in [-0.2, 0) is 17.8 Å². The van der Waals surface area contributed by atoms with Gasteiger partial charge in [-0.05, 0) is 44.4 Å². The van der Waals surface area contributed by atoms with Gasteiger partial charge in [0, 0.05) is 17.3 Å². The molecule has 1 unspecified atom stereocenters. The Morgan fingerprint density at radius 3 is 2.78 bits per heavy atom. The van der Waals surface area contributed by atoms with Gasteiger partial charge in [-0.1, -0.05) is 18.2 Å². The van der Waals surface area contributed by atoms with Gasteiger partial charge in [-0.25, -0.2) is 9.97 Å². The first-order valence-electron chi connectivity index (χ1n) is 7.91. The van der Waals surface area contributed by atoms with Crippen LogP contribution in [0.3, 0.4) is 0 Å². The van der Waals surface area contributed by atoms with Gasteiger partial charge in [0.1, 0.15) is 11.6 Å². The minimum atomic E-state index is -0.0791. The van der Waals surface area contributed by atoms with E-state index in [2.05, 4.69) is 15.3 Å². The highest BCUT2D eigenvalue weighted by molar-refractivity contribution is 5.79. The Bertz CT molecular complexity index is 695. The first kappa shape index (κ1) is 15.5. The molecule has 0 fully saturated rings. The summed E-state index contributed by atoms with van der Waals surface area (Å²) in [4.78, 5) is 21.2. The molecular weight excluding hydrogens is 290 g/mol. The smallest absolute Gasteiger partial charge is 0.223 e. The molecule has 1 aliphatic rings. The van der Waals surface area contributed by atoms with Gasteiger partial charge in [0.05, 0.1) is 13.2 Å². The highest BCUT2D eigenvalue weighted by atomic mass is 16.5. The molecule has 0 saturated carbocycles. The summed E-state index contributed by atoms with van der Waals surface area (Å²) >= 11 is 0. The Hall–Kier alpha value is -2.43. The topological polar surface area (TPSA) is 64.1 Å². The molecule has 0 saturated heterocycles. The summed E-state index contributed by atoms with van der Waals surface area (Å²) < 4.78 is 5.72. The molecule has 0 radical (unpaired) electrons. The Balaban J connectivity index is 1.64. The van der Waals surface area contributed by atoms with E-state index in [0.717, 1.165) is 22.7 Å². The molecule has 1 atom stereocenters. The standard InChI is InChI=1S/C18H21N3O2/c1-12-9-13(2)21-17(20-12)11-19-18(22)15-7-8-23-16-6-4-3-5-14(16)10-15/h3-6,9,15H,7-8,10-11H2,1-2H3,(H,19,22). The Morgan fingerprint density at radius 2 is 2.00 bits per heavy atom. The number of hydrogen-bond donors (Lipinski definition) is 1. The molecule has 5 heteroatoms. The van der Waals surface area contributed by atoms with Crippen LogP contribution in [0.5, 0.6) is 5.75 Å². The molecule has 0 spiro atoms. The molecule has 1 amide bonds. The van der Waals surface area contributed by atoms with Crippen molar-refractivity contribution in [2.45, 2.75) is 33.2 Å². The van der Waals surface area contributed by atoms with Gasteiger partial charge in [-0.15, -0.1) is 0 Å². The minimum Gasteiger partial charge on any atom is -0.493 e. The number of ether oxygens (including phenoxy) is 1. The van der Waals surface area contributed by atoms with Gasteiger partial charge >= 0.3 is 0 Å². The molecule has 1 N–H and O–H groups in total. The van der Waals surface area contributed by atoms with E-state index in [9.17, 15) is 4.79 Å². The predicted octanol–water partition coefficient (Wildman–Crippen LogP) is 2.35. The van der Waals surface area contributed by atoms with Crippen LogP contribution >= 0.6 is 0 Å². The second-order valence-electron chi connectivity index (χ2n) is 5.93. The fourth-order valence-electron chi connectivity index (χ4n) is 2.90. The van der Waals surface area contributed by atoms with E-state index in [1.54, 1.807) is 0 Å². The molecule has 1 aromatic carbocycles. The fraction of sp³-hybridized carbons (Fsp3) is 0.389. The van der Waals surface area contributed by atoms with Crippen molar-refractivity contribution in [1.29, 1.82) is 0 Å². The molecule has 3 rings (SSSR count). The Labute approximate surface area is 136 Å². The quantitative estimate of drug-likeness (QED) is 0.945. The zero-order valence-electron chi connectivity index (χ0n) is 13.5. The average molecular weight is 311 g/mol. The van der Waals surface area contributed by atoms with Gasteiger partial charge < -0.3 is 10.1 Å². The number of benzene rings is 1. The van der Waals surface area contributed by atoms with Gasteiger partial charge in [0.25, 0.3) is 0 Å². The number of nitrogens with one attached hydrogen (secondary N) is 1. The molecule has 1 aromatic heterocycles. The van der Waals surface area contributed by atoms with Gasteiger partial charge in [-0.2, -0.15) is 0 Å². The van der Waals surface area contributed by atoms with E-state index in [1.165, 1.54) is 0 Å². The number of aryl methyl sites for hydroxylation is 2. The Kier molecular flexibility index (Phi) is 4.55. The summed E-state index contributed by atoms with van der Waals surface area (Å²) in [5.74, 6) is 1.50. The Morgan fingerprint density at radius 1 is 1.26 bits per heavy atom. The lowest BCUT2D eigenvalue weighted by atomic mass is 9.96. The third-order valence-electron chi connectivity index (χ3n) is 3.98. The van der Waals surface area contributed by atoms with Crippen molar-refractivity contribution in [3.63, 3.8) is 0 Å². The molecule has 120 valence electrons. The van der Waals surface area contributed by atoms with E-state index in [-0.39, 0.29) is 11.8 Å². The first-order valence-corrected chi connectivity index (χ1v) is 7.91.